The molecule has 0 spiro atoms. The summed E-state index contributed by atoms with van der Waals surface area (Å²) in [6.45, 7) is 1.84. The molecule has 2 amide bonds. The van der Waals surface area contributed by atoms with E-state index in [9.17, 15) is 14.4 Å². The van der Waals surface area contributed by atoms with Crippen LogP contribution in [0, 0.1) is 12.8 Å². The zero-order valence-electron chi connectivity index (χ0n) is 10.1. The van der Waals surface area contributed by atoms with Crippen LogP contribution in [0.4, 0.5) is 0 Å². The molecular weight excluding hydrogens is 232 g/mol. The van der Waals surface area contributed by atoms with Crippen molar-refractivity contribution in [3.8, 4) is 0 Å². The van der Waals surface area contributed by atoms with Gasteiger partial charge in [-0.2, -0.15) is 0 Å². The van der Waals surface area contributed by atoms with Crippen molar-refractivity contribution in [3.05, 3.63) is 29.6 Å². The van der Waals surface area contributed by atoms with E-state index in [1.54, 1.807) is 12.1 Å². The van der Waals surface area contributed by atoms with Crippen molar-refractivity contribution >= 4 is 17.6 Å². The quantitative estimate of drug-likeness (QED) is 0.638. The number of amides is 2. The minimum Gasteiger partial charge on any atom is -0.296 e. The highest BCUT2D eigenvalue weighted by Gasteiger charge is 2.28. The van der Waals surface area contributed by atoms with Gasteiger partial charge in [-0.1, -0.05) is 0 Å². The molecule has 1 aliphatic heterocycles. The Labute approximate surface area is 105 Å². The van der Waals surface area contributed by atoms with Gasteiger partial charge in [0.05, 0.1) is 0 Å². The zero-order valence-corrected chi connectivity index (χ0v) is 10.1. The molecule has 0 bridgehead atoms. The zero-order chi connectivity index (χ0) is 13.1. The molecule has 2 heterocycles. The monoisotopic (exact) mass is 246 g/mol. The van der Waals surface area contributed by atoms with Gasteiger partial charge >= 0.3 is 0 Å². The minimum absolute atomic E-state index is 0.114. The SMILES string of the molecule is Cc1ccc(C(=O)CC2CCC(=O)NC2=O)cn1. The van der Waals surface area contributed by atoms with Crippen LogP contribution in [-0.4, -0.2) is 22.6 Å². The van der Waals surface area contributed by atoms with Crippen molar-refractivity contribution in [1.82, 2.24) is 10.3 Å². The summed E-state index contributed by atoms with van der Waals surface area (Å²) in [7, 11) is 0. The highest BCUT2D eigenvalue weighted by molar-refractivity contribution is 6.03. The van der Waals surface area contributed by atoms with Crippen LogP contribution >= 0.6 is 0 Å². The fraction of sp³-hybridized carbons (Fsp3) is 0.385. The van der Waals surface area contributed by atoms with E-state index in [1.165, 1.54) is 6.20 Å². The second-order valence-corrected chi connectivity index (χ2v) is 4.46. The number of rotatable bonds is 3. The Kier molecular flexibility index (Phi) is 3.50. The third-order valence-electron chi connectivity index (χ3n) is 3.02. The van der Waals surface area contributed by atoms with Gasteiger partial charge in [0.2, 0.25) is 11.8 Å². The third-order valence-corrected chi connectivity index (χ3v) is 3.02. The Hall–Kier alpha value is -2.04. The predicted octanol–water partition coefficient (Wildman–Crippen LogP) is 1.02. The van der Waals surface area contributed by atoms with Gasteiger partial charge in [0.1, 0.15) is 0 Å². The number of carbonyl (C=O) groups excluding carboxylic acids is 3. The number of pyridine rings is 1. The van der Waals surface area contributed by atoms with Crippen molar-refractivity contribution in [2.75, 3.05) is 0 Å². The normalized spacial score (nSPS) is 19.5. The number of imide groups is 1. The lowest BCUT2D eigenvalue weighted by atomic mass is 9.91. The molecule has 2 rings (SSSR count). The van der Waals surface area contributed by atoms with E-state index in [2.05, 4.69) is 10.3 Å². The predicted molar refractivity (Wildman–Crippen MR) is 63.8 cm³/mol. The molecule has 5 heteroatoms. The molecule has 1 fully saturated rings. The number of Topliss-reactive ketones (excluding diaryl/α,β-unsaturated/α-hetero) is 1. The highest BCUT2D eigenvalue weighted by atomic mass is 16.2. The van der Waals surface area contributed by atoms with Crippen LogP contribution in [0.5, 0.6) is 0 Å². The van der Waals surface area contributed by atoms with E-state index in [0.29, 0.717) is 18.4 Å². The maximum Gasteiger partial charge on any atom is 0.230 e. The molecule has 1 saturated heterocycles. The fourth-order valence-corrected chi connectivity index (χ4v) is 1.91. The van der Waals surface area contributed by atoms with Crippen LogP contribution in [0.25, 0.3) is 0 Å². The second-order valence-electron chi connectivity index (χ2n) is 4.46. The fourth-order valence-electron chi connectivity index (χ4n) is 1.91. The topological polar surface area (TPSA) is 76.1 Å². The largest absolute Gasteiger partial charge is 0.296 e. The summed E-state index contributed by atoms with van der Waals surface area (Å²) in [6.07, 6.45) is 2.39. The van der Waals surface area contributed by atoms with Gasteiger partial charge < -0.3 is 0 Å². The van der Waals surface area contributed by atoms with Crippen LogP contribution in [0.3, 0.4) is 0 Å². The summed E-state index contributed by atoms with van der Waals surface area (Å²) in [6, 6.07) is 3.47. The average Bonchev–Trinajstić information content (AvgIpc) is 2.33. The smallest absolute Gasteiger partial charge is 0.230 e. The molecule has 1 aliphatic rings. The average molecular weight is 246 g/mol. The number of hydrogen-bond acceptors (Lipinski definition) is 4. The van der Waals surface area contributed by atoms with E-state index in [1.807, 2.05) is 6.92 Å². The molecule has 1 aromatic rings. The molecular formula is C13H14N2O3. The summed E-state index contributed by atoms with van der Waals surface area (Å²) in [5, 5.41) is 2.25. The number of aromatic nitrogens is 1. The summed E-state index contributed by atoms with van der Waals surface area (Å²) in [5.74, 6) is -1.13. The van der Waals surface area contributed by atoms with E-state index in [-0.39, 0.29) is 24.0 Å². The molecule has 0 saturated carbocycles. The molecule has 1 atom stereocenters. The first-order chi connectivity index (χ1) is 8.56. The molecule has 18 heavy (non-hydrogen) atoms. The van der Waals surface area contributed by atoms with E-state index >= 15 is 0 Å². The number of piperidine rings is 1. The Morgan fingerprint density at radius 2 is 2.22 bits per heavy atom. The summed E-state index contributed by atoms with van der Waals surface area (Å²) >= 11 is 0. The van der Waals surface area contributed by atoms with Gasteiger partial charge in [0.25, 0.3) is 0 Å². The van der Waals surface area contributed by atoms with Gasteiger partial charge in [-0.15, -0.1) is 0 Å². The Morgan fingerprint density at radius 3 is 2.83 bits per heavy atom. The molecule has 1 aromatic heterocycles. The number of hydrogen-bond donors (Lipinski definition) is 1. The van der Waals surface area contributed by atoms with Gasteiger partial charge in [-0.25, -0.2) is 0 Å². The first kappa shape index (κ1) is 12.4. The van der Waals surface area contributed by atoms with Crippen molar-refractivity contribution in [2.24, 2.45) is 5.92 Å². The number of carbonyl (C=O) groups is 3. The third kappa shape index (κ3) is 2.80. The number of nitrogens with zero attached hydrogens (tertiary/aromatic N) is 1. The number of ketones is 1. The van der Waals surface area contributed by atoms with Crippen LogP contribution in [0.2, 0.25) is 0 Å². The van der Waals surface area contributed by atoms with E-state index in [0.717, 1.165) is 5.69 Å². The van der Waals surface area contributed by atoms with Crippen LogP contribution < -0.4 is 5.32 Å². The van der Waals surface area contributed by atoms with Crippen LogP contribution in [-0.2, 0) is 9.59 Å². The molecule has 1 N–H and O–H groups in total. The number of aryl methyl sites for hydroxylation is 1. The van der Waals surface area contributed by atoms with Gasteiger partial charge in [0, 0.05) is 36.2 Å². The Morgan fingerprint density at radius 1 is 1.44 bits per heavy atom. The van der Waals surface area contributed by atoms with Gasteiger partial charge in [-0.3, -0.25) is 24.7 Å². The lowest BCUT2D eigenvalue weighted by Gasteiger charge is -2.19. The van der Waals surface area contributed by atoms with Gasteiger partial charge in [0.15, 0.2) is 5.78 Å². The molecule has 0 radical (unpaired) electrons. The second kappa shape index (κ2) is 5.08. The number of nitrogens with one attached hydrogen (secondary N) is 1. The van der Waals surface area contributed by atoms with Crippen LogP contribution in [0.1, 0.15) is 35.3 Å². The van der Waals surface area contributed by atoms with E-state index < -0.39 is 5.92 Å². The first-order valence-corrected chi connectivity index (χ1v) is 5.86. The first-order valence-electron chi connectivity index (χ1n) is 5.86. The molecule has 94 valence electrons. The lowest BCUT2D eigenvalue weighted by Crippen LogP contribution is -2.41. The highest BCUT2D eigenvalue weighted by Crippen LogP contribution is 2.18. The van der Waals surface area contributed by atoms with Crippen molar-refractivity contribution < 1.29 is 14.4 Å². The van der Waals surface area contributed by atoms with E-state index in [4.69, 9.17) is 0 Å². The molecule has 0 aromatic carbocycles. The van der Waals surface area contributed by atoms with Gasteiger partial charge in [-0.05, 0) is 25.5 Å². The standard InChI is InChI=1S/C13H14N2O3/c1-8-2-3-10(7-14-8)11(16)6-9-4-5-12(17)15-13(9)18/h2-3,7,9H,4-6H2,1H3,(H,15,17,18). The summed E-state index contributed by atoms with van der Waals surface area (Å²) in [5.41, 5.74) is 1.35. The Bertz CT molecular complexity index is 493. The van der Waals surface area contributed by atoms with Crippen molar-refractivity contribution in [1.29, 1.82) is 0 Å². The Balaban J connectivity index is 2.01. The van der Waals surface area contributed by atoms with Crippen LogP contribution in [0.15, 0.2) is 18.3 Å². The molecule has 0 aliphatic carbocycles. The minimum atomic E-state index is -0.406. The maximum atomic E-state index is 11.9. The summed E-state index contributed by atoms with van der Waals surface area (Å²) < 4.78 is 0. The van der Waals surface area contributed by atoms with Crippen molar-refractivity contribution in [2.45, 2.75) is 26.2 Å². The lowest BCUT2D eigenvalue weighted by molar-refractivity contribution is -0.136. The maximum absolute atomic E-state index is 11.9. The van der Waals surface area contributed by atoms with Crippen molar-refractivity contribution in [3.63, 3.8) is 0 Å². The molecule has 1 unspecified atom stereocenters. The summed E-state index contributed by atoms with van der Waals surface area (Å²) in [4.78, 5) is 38.5. The molecule has 5 nitrogen and oxygen atoms in total.